The molecule has 0 saturated carbocycles. The number of benzene rings is 2. The molecule has 0 radical (unpaired) electrons. The maximum atomic E-state index is 6.61. The molecule has 1 aliphatic heterocycles. The number of aromatic nitrogens is 2. The van der Waals surface area contributed by atoms with E-state index in [4.69, 9.17) is 10.7 Å². The third kappa shape index (κ3) is 3.14. The predicted molar refractivity (Wildman–Crippen MR) is 114 cm³/mol. The minimum atomic E-state index is -0.686. The Morgan fingerprint density at radius 3 is 2.82 bits per heavy atom. The fourth-order valence-corrected chi connectivity index (χ4v) is 3.76. The molecule has 2 aromatic heterocycles. The molecule has 2 aromatic carbocycles. The average molecular weight is 370 g/mol. The van der Waals surface area contributed by atoms with Crippen LogP contribution in [0.2, 0.25) is 0 Å². The highest BCUT2D eigenvalue weighted by Crippen LogP contribution is 2.20. The van der Waals surface area contributed by atoms with Crippen molar-refractivity contribution < 1.29 is 0 Å². The number of hydrogen-bond donors (Lipinski definition) is 5. The smallest absolute Gasteiger partial charge is 0.197 e. The van der Waals surface area contributed by atoms with Crippen LogP contribution in [0.15, 0.2) is 78.2 Å². The van der Waals surface area contributed by atoms with E-state index < -0.39 is 5.66 Å². The van der Waals surface area contributed by atoms with Crippen LogP contribution in [0.1, 0.15) is 11.1 Å². The van der Waals surface area contributed by atoms with Crippen molar-refractivity contribution in [3.05, 3.63) is 84.3 Å². The van der Waals surface area contributed by atoms with Crippen LogP contribution in [0.3, 0.4) is 0 Å². The van der Waals surface area contributed by atoms with Crippen molar-refractivity contribution in [1.29, 1.82) is 0 Å². The van der Waals surface area contributed by atoms with Crippen molar-refractivity contribution in [3.8, 4) is 0 Å². The van der Waals surface area contributed by atoms with Gasteiger partial charge in [-0.25, -0.2) is 4.99 Å². The van der Waals surface area contributed by atoms with Crippen molar-refractivity contribution in [1.82, 2.24) is 20.6 Å². The zero-order valence-corrected chi connectivity index (χ0v) is 15.4. The van der Waals surface area contributed by atoms with Crippen LogP contribution in [0.5, 0.6) is 0 Å². The van der Waals surface area contributed by atoms with E-state index in [1.54, 1.807) is 0 Å². The van der Waals surface area contributed by atoms with Gasteiger partial charge in [0.2, 0.25) is 0 Å². The molecule has 0 fully saturated rings. The van der Waals surface area contributed by atoms with E-state index in [-0.39, 0.29) is 0 Å². The number of nitrogens with one attached hydrogen (secondary N) is 4. The fourth-order valence-electron chi connectivity index (χ4n) is 3.76. The maximum Gasteiger partial charge on any atom is 0.197 e. The third-order valence-electron chi connectivity index (χ3n) is 5.16. The van der Waals surface area contributed by atoms with E-state index in [1.807, 2.05) is 30.7 Å². The molecule has 0 saturated heterocycles. The van der Waals surface area contributed by atoms with Gasteiger partial charge in [0.05, 0.1) is 6.54 Å². The summed E-state index contributed by atoms with van der Waals surface area (Å²) >= 11 is 0. The second-order valence-corrected chi connectivity index (χ2v) is 7.24. The molecule has 140 valence electrons. The first kappa shape index (κ1) is 16.6. The first-order valence-electron chi connectivity index (χ1n) is 9.35. The minimum Gasteiger partial charge on any atom is -0.361 e. The maximum absolute atomic E-state index is 6.61. The van der Waals surface area contributed by atoms with E-state index >= 15 is 0 Å². The van der Waals surface area contributed by atoms with Crippen molar-refractivity contribution in [2.75, 3.05) is 0 Å². The summed E-state index contributed by atoms with van der Waals surface area (Å²) in [5.74, 6) is 0.681. The van der Waals surface area contributed by atoms with Crippen molar-refractivity contribution in [2.45, 2.75) is 18.6 Å². The Balaban J connectivity index is 1.34. The summed E-state index contributed by atoms with van der Waals surface area (Å²) in [5.41, 5.74) is 10.5. The Bertz CT molecular complexity index is 1200. The molecule has 6 nitrogen and oxygen atoms in total. The molecule has 5 rings (SSSR count). The molecule has 0 spiro atoms. The van der Waals surface area contributed by atoms with Crippen molar-refractivity contribution >= 4 is 27.8 Å². The molecular weight excluding hydrogens is 348 g/mol. The number of nitrogens with zero attached hydrogens (tertiary/aromatic N) is 1. The Morgan fingerprint density at radius 2 is 1.86 bits per heavy atom. The summed E-state index contributed by atoms with van der Waals surface area (Å²) < 4.78 is 0. The zero-order chi connectivity index (χ0) is 19.0. The summed E-state index contributed by atoms with van der Waals surface area (Å²) in [6.07, 6.45) is 8.37. The van der Waals surface area contributed by atoms with Gasteiger partial charge in [0.1, 0.15) is 5.66 Å². The highest BCUT2D eigenvalue weighted by molar-refractivity contribution is 5.85. The van der Waals surface area contributed by atoms with Crippen LogP contribution in [0.4, 0.5) is 0 Å². The number of H-pyrrole nitrogens is 2. The quantitative estimate of drug-likeness (QED) is 0.382. The molecule has 6 heteroatoms. The zero-order valence-electron chi connectivity index (χ0n) is 15.4. The molecule has 6 N–H and O–H groups in total. The normalized spacial score (nSPS) is 20.5. The molecule has 1 atom stereocenters. The molecule has 0 aliphatic carbocycles. The lowest BCUT2D eigenvalue weighted by atomic mass is 9.98. The van der Waals surface area contributed by atoms with E-state index in [9.17, 15) is 0 Å². The van der Waals surface area contributed by atoms with Crippen LogP contribution in [-0.2, 0) is 13.0 Å². The summed E-state index contributed by atoms with van der Waals surface area (Å²) in [6, 6.07) is 16.7. The van der Waals surface area contributed by atoms with E-state index in [0.717, 1.165) is 11.0 Å². The molecule has 1 aliphatic rings. The van der Waals surface area contributed by atoms with Crippen LogP contribution in [0.25, 0.3) is 21.8 Å². The van der Waals surface area contributed by atoms with Gasteiger partial charge >= 0.3 is 0 Å². The third-order valence-corrected chi connectivity index (χ3v) is 5.16. The number of fused-ring (bicyclic) bond motifs is 2. The predicted octanol–water partition coefficient (Wildman–Crippen LogP) is 3.11. The van der Waals surface area contributed by atoms with E-state index in [2.05, 4.69) is 63.1 Å². The van der Waals surface area contributed by atoms with Crippen LogP contribution in [-0.4, -0.2) is 21.6 Å². The molecule has 1 unspecified atom stereocenters. The van der Waals surface area contributed by atoms with Crippen molar-refractivity contribution in [2.24, 2.45) is 10.7 Å². The Labute approximate surface area is 162 Å². The molecule has 0 bridgehead atoms. The van der Waals surface area contributed by atoms with Gasteiger partial charge < -0.3 is 26.3 Å². The molecule has 28 heavy (non-hydrogen) atoms. The van der Waals surface area contributed by atoms with E-state index in [0.29, 0.717) is 18.9 Å². The number of aliphatic imine (C=N–C) groups is 1. The largest absolute Gasteiger partial charge is 0.361 e. The number of aromatic amines is 2. The lowest BCUT2D eigenvalue weighted by molar-refractivity contribution is 0.472. The highest BCUT2D eigenvalue weighted by atomic mass is 15.3. The average Bonchev–Trinajstić information content (AvgIpc) is 3.35. The van der Waals surface area contributed by atoms with Gasteiger partial charge in [0.15, 0.2) is 5.96 Å². The second kappa shape index (κ2) is 6.58. The van der Waals surface area contributed by atoms with Gasteiger partial charge in [0.25, 0.3) is 0 Å². The van der Waals surface area contributed by atoms with Gasteiger partial charge in [-0.3, -0.25) is 0 Å². The highest BCUT2D eigenvalue weighted by Gasteiger charge is 2.26. The summed E-state index contributed by atoms with van der Waals surface area (Å²) in [4.78, 5) is 11.2. The first-order chi connectivity index (χ1) is 13.7. The standard InChI is InChI=1S/C22H22N6/c23-22(13-15-4-5-19-16(12-15)6-9-24-19)8-11-26-21(28-22)27-14-17-2-1-3-20-18(17)7-10-25-20/h1-12,24-25H,13-14,23H2,(H2,26,27,28). The SMILES string of the molecule is NC1(Cc2ccc3[nH]ccc3c2)C=CNC(=NCc2cccc3[nH]ccc23)N1. The topological polar surface area (TPSA) is 94.0 Å². The molecule has 4 aromatic rings. The molecule has 3 heterocycles. The number of rotatable bonds is 4. The van der Waals surface area contributed by atoms with Crippen LogP contribution in [0, 0.1) is 0 Å². The number of guanidine groups is 1. The monoisotopic (exact) mass is 370 g/mol. The van der Waals surface area contributed by atoms with Gasteiger partial charge in [-0.15, -0.1) is 0 Å². The molecule has 0 amide bonds. The molecular formula is C22H22N6. The minimum absolute atomic E-state index is 0.573. The van der Waals surface area contributed by atoms with Crippen LogP contribution >= 0.6 is 0 Å². The van der Waals surface area contributed by atoms with Gasteiger partial charge in [-0.05, 0) is 52.9 Å². The number of hydrogen-bond acceptors (Lipinski definition) is 2. The van der Waals surface area contributed by atoms with Crippen LogP contribution < -0.4 is 16.4 Å². The Hall–Kier alpha value is -3.51. The summed E-state index contributed by atoms with van der Waals surface area (Å²) in [5, 5.41) is 8.89. The lowest BCUT2D eigenvalue weighted by Crippen LogP contribution is -2.61. The lowest BCUT2D eigenvalue weighted by Gasteiger charge is -2.32. The number of nitrogens with two attached hydrogens (primary N) is 1. The fraction of sp³-hybridized carbons (Fsp3) is 0.136. The van der Waals surface area contributed by atoms with Gasteiger partial charge in [-0.2, -0.15) is 0 Å². The van der Waals surface area contributed by atoms with Gasteiger partial charge in [-0.1, -0.05) is 18.2 Å². The van der Waals surface area contributed by atoms with Gasteiger partial charge in [0, 0.05) is 41.4 Å². The van der Waals surface area contributed by atoms with Crippen molar-refractivity contribution in [3.63, 3.8) is 0 Å². The summed E-state index contributed by atoms with van der Waals surface area (Å²) in [6.45, 7) is 0.573. The Morgan fingerprint density at radius 1 is 0.964 bits per heavy atom. The first-order valence-corrected chi connectivity index (χ1v) is 9.35. The Kier molecular flexibility index (Phi) is 3.91. The van der Waals surface area contributed by atoms with E-state index in [1.165, 1.54) is 21.9 Å². The summed E-state index contributed by atoms with van der Waals surface area (Å²) in [7, 11) is 0. The second-order valence-electron chi connectivity index (χ2n) is 7.24.